The van der Waals surface area contributed by atoms with Gasteiger partial charge >= 0.3 is 0 Å². The van der Waals surface area contributed by atoms with Gasteiger partial charge in [-0.1, -0.05) is 12.1 Å². The summed E-state index contributed by atoms with van der Waals surface area (Å²) in [5, 5.41) is 0. The van der Waals surface area contributed by atoms with Gasteiger partial charge in [0, 0.05) is 19.3 Å². The predicted molar refractivity (Wildman–Crippen MR) is 68.7 cm³/mol. The second kappa shape index (κ2) is 6.02. The number of nitrogens with two attached hydrogens (primary N) is 1. The third kappa shape index (κ3) is 3.32. The van der Waals surface area contributed by atoms with Crippen LogP contribution in [0.2, 0.25) is 0 Å². The molecule has 0 saturated heterocycles. The molecule has 1 atom stereocenters. The fourth-order valence-electron chi connectivity index (χ4n) is 1.89. The molecular formula is C14H23NO. The van der Waals surface area contributed by atoms with Crippen molar-refractivity contribution in [3.05, 3.63) is 34.4 Å². The van der Waals surface area contributed by atoms with Gasteiger partial charge in [0.1, 0.15) is 0 Å². The number of hydrogen-bond donors (Lipinski definition) is 1. The molecule has 1 aromatic carbocycles. The summed E-state index contributed by atoms with van der Waals surface area (Å²) >= 11 is 0. The monoisotopic (exact) mass is 221 g/mol. The molecule has 0 fully saturated rings. The van der Waals surface area contributed by atoms with Gasteiger partial charge < -0.3 is 10.5 Å². The van der Waals surface area contributed by atoms with Crippen molar-refractivity contribution in [2.75, 3.05) is 13.2 Å². The van der Waals surface area contributed by atoms with Crippen LogP contribution in [-0.4, -0.2) is 13.2 Å². The highest BCUT2D eigenvalue weighted by Gasteiger charge is 2.10. The zero-order chi connectivity index (χ0) is 12.1. The van der Waals surface area contributed by atoms with Crippen molar-refractivity contribution in [1.82, 2.24) is 0 Å². The fraction of sp³-hybridized carbons (Fsp3) is 0.571. The summed E-state index contributed by atoms with van der Waals surface area (Å²) in [6, 6.07) is 4.51. The molecule has 0 aliphatic heterocycles. The van der Waals surface area contributed by atoms with Crippen LogP contribution in [0.4, 0.5) is 0 Å². The van der Waals surface area contributed by atoms with E-state index in [0.29, 0.717) is 0 Å². The van der Waals surface area contributed by atoms with E-state index in [1.807, 2.05) is 6.92 Å². The quantitative estimate of drug-likeness (QED) is 0.776. The number of rotatable bonds is 5. The Morgan fingerprint density at radius 1 is 1.12 bits per heavy atom. The van der Waals surface area contributed by atoms with E-state index in [9.17, 15) is 0 Å². The summed E-state index contributed by atoms with van der Waals surface area (Å²) in [4.78, 5) is 0. The summed E-state index contributed by atoms with van der Waals surface area (Å²) in [7, 11) is 0. The third-order valence-corrected chi connectivity index (χ3v) is 3.06. The lowest BCUT2D eigenvalue weighted by Gasteiger charge is -2.16. The minimum absolute atomic E-state index is 0.0887. The van der Waals surface area contributed by atoms with Crippen molar-refractivity contribution in [3.63, 3.8) is 0 Å². The highest BCUT2D eigenvalue weighted by Crippen LogP contribution is 2.22. The van der Waals surface area contributed by atoms with E-state index in [0.717, 1.165) is 19.6 Å². The van der Waals surface area contributed by atoms with Gasteiger partial charge in [0.05, 0.1) is 0 Å². The van der Waals surface area contributed by atoms with Crippen LogP contribution >= 0.6 is 0 Å². The minimum atomic E-state index is 0.0887. The van der Waals surface area contributed by atoms with Crippen LogP contribution in [0.3, 0.4) is 0 Å². The van der Waals surface area contributed by atoms with E-state index in [-0.39, 0.29) is 6.04 Å². The molecule has 0 saturated carbocycles. The van der Waals surface area contributed by atoms with Crippen molar-refractivity contribution >= 4 is 0 Å². The van der Waals surface area contributed by atoms with Crippen LogP contribution in [0.15, 0.2) is 12.1 Å². The Morgan fingerprint density at radius 2 is 1.75 bits per heavy atom. The van der Waals surface area contributed by atoms with Crippen molar-refractivity contribution < 1.29 is 4.74 Å². The van der Waals surface area contributed by atoms with Gasteiger partial charge in [-0.3, -0.25) is 0 Å². The maximum absolute atomic E-state index is 6.18. The predicted octanol–water partition coefficient (Wildman–Crippen LogP) is 3.04. The first-order chi connectivity index (χ1) is 7.56. The molecule has 0 amide bonds. The normalized spacial score (nSPS) is 12.8. The number of ether oxygens (including phenoxy) is 1. The van der Waals surface area contributed by atoms with Crippen molar-refractivity contribution in [2.45, 2.75) is 40.2 Å². The molecule has 0 spiro atoms. The average Bonchev–Trinajstić information content (AvgIpc) is 2.23. The van der Waals surface area contributed by atoms with Crippen LogP contribution in [0.5, 0.6) is 0 Å². The molecule has 0 aliphatic carbocycles. The molecule has 1 aromatic rings. The van der Waals surface area contributed by atoms with Gasteiger partial charge in [-0.05, 0) is 56.4 Å². The first-order valence-corrected chi connectivity index (χ1v) is 5.97. The zero-order valence-electron chi connectivity index (χ0n) is 10.8. The van der Waals surface area contributed by atoms with Crippen LogP contribution in [-0.2, 0) is 4.74 Å². The van der Waals surface area contributed by atoms with E-state index in [1.165, 1.54) is 22.3 Å². The van der Waals surface area contributed by atoms with Crippen molar-refractivity contribution in [1.29, 1.82) is 0 Å². The van der Waals surface area contributed by atoms with Gasteiger partial charge in [0.15, 0.2) is 0 Å². The summed E-state index contributed by atoms with van der Waals surface area (Å²) in [5.41, 5.74) is 11.4. The topological polar surface area (TPSA) is 35.2 Å². The molecule has 16 heavy (non-hydrogen) atoms. The van der Waals surface area contributed by atoms with E-state index in [4.69, 9.17) is 10.5 Å². The van der Waals surface area contributed by atoms with Crippen molar-refractivity contribution in [3.8, 4) is 0 Å². The number of aryl methyl sites for hydroxylation is 3. The van der Waals surface area contributed by atoms with Gasteiger partial charge in [0.2, 0.25) is 0 Å². The van der Waals surface area contributed by atoms with Crippen LogP contribution in [0.25, 0.3) is 0 Å². The second-order valence-electron chi connectivity index (χ2n) is 4.39. The molecule has 2 nitrogen and oxygen atoms in total. The molecule has 0 bridgehead atoms. The molecule has 0 radical (unpaired) electrons. The Bertz CT molecular complexity index is 347. The van der Waals surface area contributed by atoms with E-state index < -0.39 is 0 Å². The second-order valence-corrected chi connectivity index (χ2v) is 4.39. The molecule has 1 rings (SSSR count). The van der Waals surface area contributed by atoms with Crippen LogP contribution < -0.4 is 5.73 Å². The van der Waals surface area contributed by atoms with E-state index in [2.05, 4.69) is 32.9 Å². The van der Waals surface area contributed by atoms with Crippen LogP contribution in [0, 0.1) is 20.8 Å². The van der Waals surface area contributed by atoms with Crippen molar-refractivity contribution in [2.24, 2.45) is 5.73 Å². The Morgan fingerprint density at radius 3 is 2.38 bits per heavy atom. The molecule has 0 aliphatic rings. The Kier molecular flexibility index (Phi) is 4.97. The summed E-state index contributed by atoms with van der Waals surface area (Å²) < 4.78 is 5.34. The molecule has 2 N–H and O–H groups in total. The molecule has 2 heteroatoms. The number of hydrogen-bond acceptors (Lipinski definition) is 2. The molecule has 90 valence electrons. The molecule has 1 unspecified atom stereocenters. The minimum Gasteiger partial charge on any atom is -0.382 e. The highest BCUT2D eigenvalue weighted by atomic mass is 16.5. The lowest BCUT2D eigenvalue weighted by molar-refractivity contribution is 0.140. The Labute approximate surface area is 98.8 Å². The third-order valence-electron chi connectivity index (χ3n) is 3.06. The summed E-state index contributed by atoms with van der Waals surface area (Å²) in [6.45, 7) is 9.91. The number of benzene rings is 1. The highest BCUT2D eigenvalue weighted by molar-refractivity contribution is 5.38. The van der Waals surface area contributed by atoms with E-state index in [1.54, 1.807) is 0 Å². The Hall–Kier alpha value is -0.860. The van der Waals surface area contributed by atoms with Gasteiger partial charge in [-0.15, -0.1) is 0 Å². The molecule has 0 aromatic heterocycles. The summed E-state index contributed by atoms with van der Waals surface area (Å²) in [5.74, 6) is 0. The lowest BCUT2D eigenvalue weighted by atomic mass is 9.95. The first-order valence-electron chi connectivity index (χ1n) is 5.97. The summed E-state index contributed by atoms with van der Waals surface area (Å²) in [6.07, 6.45) is 0.886. The smallest absolute Gasteiger partial charge is 0.0483 e. The van der Waals surface area contributed by atoms with Gasteiger partial charge in [0.25, 0.3) is 0 Å². The van der Waals surface area contributed by atoms with Gasteiger partial charge in [-0.25, -0.2) is 0 Å². The zero-order valence-corrected chi connectivity index (χ0v) is 10.8. The Balaban J connectivity index is 2.75. The fourth-order valence-corrected chi connectivity index (χ4v) is 1.89. The largest absolute Gasteiger partial charge is 0.382 e. The van der Waals surface area contributed by atoms with Gasteiger partial charge in [-0.2, -0.15) is 0 Å². The van der Waals surface area contributed by atoms with Crippen LogP contribution in [0.1, 0.15) is 41.6 Å². The standard InChI is InChI=1S/C14H23NO/c1-5-16-7-6-14(15)13-9-11(3)10(2)8-12(13)4/h8-9,14H,5-7,15H2,1-4H3. The lowest BCUT2D eigenvalue weighted by Crippen LogP contribution is -2.15. The van der Waals surface area contributed by atoms with E-state index >= 15 is 0 Å². The maximum Gasteiger partial charge on any atom is 0.0483 e. The average molecular weight is 221 g/mol. The SMILES string of the molecule is CCOCCC(N)c1cc(C)c(C)cc1C. The maximum atomic E-state index is 6.18. The first kappa shape index (κ1) is 13.2. The molecular weight excluding hydrogens is 198 g/mol. The molecule has 0 heterocycles.